The van der Waals surface area contributed by atoms with Crippen LogP contribution in [0.3, 0.4) is 0 Å². The van der Waals surface area contributed by atoms with Gasteiger partial charge in [-0.1, -0.05) is 13.8 Å². The minimum atomic E-state index is -1.75. The summed E-state index contributed by atoms with van der Waals surface area (Å²) < 4.78 is 0. The number of aliphatic carboxylic acids is 1. The molecule has 0 aromatic carbocycles. The van der Waals surface area contributed by atoms with Gasteiger partial charge in [-0.25, -0.2) is 4.79 Å². The zero-order chi connectivity index (χ0) is 10.1. The Kier molecular flexibility index (Phi) is 2.73. The largest absolute Gasteiger partial charge is 0.479 e. The highest BCUT2D eigenvalue weighted by molar-refractivity contribution is 7.08. The normalized spacial score (nSPS) is 15.7. The van der Waals surface area contributed by atoms with E-state index >= 15 is 0 Å². The Morgan fingerprint density at radius 3 is 2.54 bits per heavy atom. The number of hydrogen-bond donors (Lipinski definition) is 2. The van der Waals surface area contributed by atoms with Crippen molar-refractivity contribution in [1.82, 2.24) is 0 Å². The van der Waals surface area contributed by atoms with Crippen LogP contribution in [-0.4, -0.2) is 16.2 Å². The van der Waals surface area contributed by atoms with Crippen molar-refractivity contribution < 1.29 is 15.0 Å². The monoisotopic (exact) mass is 200 g/mol. The summed E-state index contributed by atoms with van der Waals surface area (Å²) in [5, 5.41) is 22.3. The van der Waals surface area contributed by atoms with Crippen molar-refractivity contribution in [2.45, 2.75) is 19.4 Å². The lowest BCUT2D eigenvalue weighted by atomic mass is 9.85. The van der Waals surface area contributed by atoms with Gasteiger partial charge in [-0.05, 0) is 22.7 Å². The first kappa shape index (κ1) is 10.2. The zero-order valence-corrected chi connectivity index (χ0v) is 8.34. The van der Waals surface area contributed by atoms with E-state index in [0.29, 0.717) is 5.56 Å². The average molecular weight is 200 g/mol. The fourth-order valence-corrected chi connectivity index (χ4v) is 1.89. The fourth-order valence-electron chi connectivity index (χ4n) is 1.19. The summed E-state index contributed by atoms with van der Waals surface area (Å²) in [5.41, 5.74) is -1.29. The van der Waals surface area contributed by atoms with Crippen molar-refractivity contribution in [2.24, 2.45) is 5.92 Å². The second kappa shape index (κ2) is 3.47. The Morgan fingerprint density at radius 1 is 1.62 bits per heavy atom. The van der Waals surface area contributed by atoms with Gasteiger partial charge < -0.3 is 10.2 Å². The number of rotatable bonds is 3. The van der Waals surface area contributed by atoms with Crippen LogP contribution in [0.25, 0.3) is 0 Å². The molecule has 1 unspecified atom stereocenters. The minimum absolute atomic E-state index is 0.348. The lowest BCUT2D eigenvalue weighted by Gasteiger charge is -2.26. The van der Waals surface area contributed by atoms with E-state index in [0.717, 1.165) is 0 Å². The second-order valence-electron chi connectivity index (χ2n) is 3.24. The van der Waals surface area contributed by atoms with Gasteiger partial charge in [0.2, 0.25) is 0 Å². The van der Waals surface area contributed by atoms with E-state index in [2.05, 4.69) is 0 Å². The molecular weight excluding hydrogens is 188 g/mol. The molecule has 4 heteroatoms. The summed E-state index contributed by atoms with van der Waals surface area (Å²) in [7, 11) is 0. The number of carbonyl (C=O) groups is 1. The smallest absolute Gasteiger partial charge is 0.340 e. The van der Waals surface area contributed by atoms with E-state index in [-0.39, 0.29) is 5.92 Å². The Hall–Kier alpha value is -0.870. The van der Waals surface area contributed by atoms with Crippen LogP contribution in [0.1, 0.15) is 19.4 Å². The SMILES string of the molecule is CC(C)C(O)(C(=O)O)c1ccsc1. The van der Waals surface area contributed by atoms with E-state index in [4.69, 9.17) is 5.11 Å². The first-order chi connectivity index (χ1) is 5.99. The Labute approximate surface area is 80.6 Å². The Morgan fingerprint density at radius 2 is 2.23 bits per heavy atom. The summed E-state index contributed by atoms with van der Waals surface area (Å²) >= 11 is 1.38. The van der Waals surface area contributed by atoms with Gasteiger partial charge >= 0.3 is 5.97 Å². The molecule has 0 saturated carbocycles. The standard InChI is InChI=1S/C9H12O3S/c1-6(2)9(12,8(10)11)7-3-4-13-5-7/h3-6,12H,1-2H3,(H,10,11). The molecule has 1 aromatic heterocycles. The molecule has 0 radical (unpaired) electrons. The van der Waals surface area contributed by atoms with Crippen LogP contribution < -0.4 is 0 Å². The number of hydrogen-bond acceptors (Lipinski definition) is 3. The van der Waals surface area contributed by atoms with Gasteiger partial charge in [-0.3, -0.25) is 0 Å². The molecule has 0 fully saturated rings. The van der Waals surface area contributed by atoms with Crippen molar-refractivity contribution in [3.63, 3.8) is 0 Å². The highest BCUT2D eigenvalue weighted by atomic mass is 32.1. The quantitative estimate of drug-likeness (QED) is 0.780. The van der Waals surface area contributed by atoms with E-state index < -0.39 is 11.6 Å². The van der Waals surface area contributed by atoms with E-state index in [1.54, 1.807) is 30.7 Å². The van der Waals surface area contributed by atoms with Gasteiger partial charge in [0.1, 0.15) is 0 Å². The van der Waals surface area contributed by atoms with Crippen LogP contribution in [0.15, 0.2) is 16.8 Å². The van der Waals surface area contributed by atoms with E-state index in [1.165, 1.54) is 11.3 Å². The molecule has 0 amide bonds. The topological polar surface area (TPSA) is 57.5 Å². The zero-order valence-electron chi connectivity index (χ0n) is 7.52. The van der Waals surface area contributed by atoms with Crippen molar-refractivity contribution in [3.8, 4) is 0 Å². The molecule has 2 N–H and O–H groups in total. The molecule has 1 rings (SSSR count). The van der Waals surface area contributed by atoms with Gasteiger partial charge in [0.05, 0.1) is 0 Å². The van der Waals surface area contributed by atoms with Gasteiger partial charge in [0.25, 0.3) is 0 Å². The lowest BCUT2D eigenvalue weighted by molar-refractivity contribution is -0.165. The van der Waals surface area contributed by atoms with E-state index in [1.807, 2.05) is 0 Å². The predicted molar refractivity (Wildman–Crippen MR) is 50.7 cm³/mol. The van der Waals surface area contributed by atoms with Gasteiger partial charge in [0.15, 0.2) is 5.60 Å². The van der Waals surface area contributed by atoms with Gasteiger partial charge in [-0.2, -0.15) is 11.3 Å². The summed E-state index contributed by atoms with van der Waals surface area (Å²) in [6.45, 7) is 3.37. The van der Waals surface area contributed by atoms with Crippen LogP contribution in [0.2, 0.25) is 0 Å². The summed E-state index contributed by atoms with van der Waals surface area (Å²) in [6, 6.07) is 1.64. The molecule has 0 spiro atoms. The molecule has 1 atom stereocenters. The molecule has 1 aromatic rings. The molecule has 13 heavy (non-hydrogen) atoms. The van der Waals surface area contributed by atoms with Gasteiger partial charge in [-0.15, -0.1) is 0 Å². The lowest BCUT2D eigenvalue weighted by Crippen LogP contribution is -2.40. The first-order valence-electron chi connectivity index (χ1n) is 3.98. The average Bonchev–Trinajstić information content (AvgIpc) is 2.54. The van der Waals surface area contributed by atoms with Crippen molar-refractivity contribution in [1.29, 1.82) is 0 Å². The maximum atomic E-state index is 10.9. The molecule has 0 bridgehead atoms. The van der Waals surface area contributed by atoms with Crippen LogP contribution in [-0.2, 0) is 10.4 Å². The minimum Gasteiger partial charge on any atom is -0.479 e. The molecule has 0 aliphatic heterocycles. The predicted octanol–water partition coefficient (Wildman–Crippen LogP) is 1.68. The molecule has 1 heterocycles. The number of carboxylic acids is 1. The third-order valence-corrected chi connectivity index (χ3v) is 2.81. The third-order valence-electron chi connectivity index (χ3n) is 2.12. The van der Waals surface area contributed by atoms with Crippen LogP contribution >= 0.6 is 11.3 Å². The van der Waals surface area contributed by atoms with Crippen LogP contribution in [0.5, 0.6) is 0 Å². The maximum absolute atomic E-state index is 10.9. The van der Waals surface area contributed by atoms with Crippen LogP contribution in [0, 0.1) is 5.92 Å². The number of thiophene rings is 1. The molecular formula is C9H12O3S. The third kappa shape index (κ3) is 1.59. The second-order valence-corrected chi connectivity index (χ2v) is 4.02. The highest BCUT2D eigenvalue weighted by Crippen LogP contribution is 2.31. The summed E-state index contributed by atoms with van der Waals surface area (Å²) in [6.07, 6.45) is 0. The molecule has 0 saturated heterocycles. The molecule has 0 aliphatic rings. The fraction of sp³-hybridized carbons (Fsp3) is 0.444. The van der Waals surface area contributed by atoms with E-state index in [9.17, 15) is 9.90 Å². The molecule has 3 nitrogen and oxygen atoms in total. The Bertz CT molecular complexity index is 292. The summed E-state index contributed by atoms with van der Waals surface area (Å²) in [4.78, 5) is 10.9. The van der Waals surface area contributed by atoms with Crippen molar-refractivity contribution in [2.75, 3.05) is 0 Å². The van der Waals surface area contributed by atoms with Crippen molar-refractivity contribution >= 4 is 17.3 Å². The first-order valence-corrected chi connectivity index (χ1v) is 4.92. The Balaban J connectivity index is 3.13. The molecule has 72 valence electrons. The molecule has 0 aliphatic carbocycles. The van der Waals surface area contributed by atoms with Crippen molar-refractivity contribution in [3.05, 3.63) is 22.4 Å². The number of carboxylic acid groups (broad SMARTS) is 1. The highest BCUT2D eigenvalue weighted by Gasteiger charge is 2.41. The van der Waals surface area contributed by atoms with Crippen LogP contribution in [0.4, 0.5) is 0 Å². The summed E-state index contributed by atoms with van der Waals surface area (Å²) in [5.74, 6) is -1.54. The maximum Gasteiger partial charge on any atom is 0.340 e. The number of aliphatic hydroxyl groups is 1. The van der Waals surface area contributed by atoms with Gasteiger partial charge in [0, 0.05) is 5.56 Å².